The Morgan fingerprint density at radius 2 is 2.25 bits per heavy atom. The average Bonchev–Trinajstić information content (AvgIpc) is 2.95. The normalized spacial score (nSPS) is 22.2. The lowest BCUT2D eigenvalue weighted by atomic mass is 9.90. The molecule has 0 saturated carbocycles. The van der Waals surface area contributed by atoms with Crippen LogP contribution in [0.5, 0.6) is 0 Å². The van der Waals surface area contributed by atoms with Gasteiger partial charge in [-0.15, -0.1) is 11.3 Å². The fourth-order valence-corrected chi connectivity index (χ4v) is 4.36. The topological polar surface area (TPSA) is 57.6 Å². The van der Waals surface area contributed by atoms with Crippen molar-refractivity contribution >= 4 is 39.1 Å². The zero-order valence-electron chi connectivity index (χ0n) is 11.6. The van der Waals surface area contributed by atoms with E-state index in [1.165, 1.54) is 11.3 Å². The molecule has 1 aliphatic rings. The van der Waals surface area contributed by atoms with Crippen molar-refractivity contribution in [2.75, 3.05) is 6.54 Å². The Hall–Kier alpha value is -0.880. The Morgan fingerprint density at radius 3 is 2.75 bits per heavy atom. The third-order valence-corrected chi connectivity index (χ3v) is 5.99. The standard InChI is InChI=1S/C14H18BrNO3S/c1-3-5-14(13(18)19)6-4-7-16(14)12(17)10-8-9(2)11(15)20-10/h8H,3-7H2,1-2H3,(H,18,19). The molecule has 6 heteroatoms. The number of likely N-dealkylation sites (tertiary alicyclic amines) is 1. The van der Waals surface area contributed by atoms with E-state index in [1.54, 1.807) is 4.90 Å². The van der Waals surface area contributed by atoms with E-state index >= 15 is 0 Å². The SMILES string of the molecule is CCCC1(C(=O)O)CCCN1C(=O)c1cc(C)c(Br)s1. The largest absolute Gasteiger partial charge is 0.479 e. The lowest BCUT2D eigenvalue weighted by Gasteiger charge is -2.34. The number of carbonyl (C=O) groups excluding carboxylic acids is 1. The molecule has 0 aromatic carbocycles. The molecule has 2 rings (SSSR count). The van der Waals surface area contributed by atoms with Gasteiger partial charge in [0.05, 0.1) is 8.66 Å². The van der Waals surface area contributed by atoms with Crippen molar-refractivity contribution in [1.29, 1.82) is 0 Å². The summed E-state index contributed by atoms with van der Waals surface area (Å²) < 4.78 is 0.927. The van der Waals surface area contributed by atoms with Crippen molar-refractivity contribution in [3.8, 4) is 0 Å². The van der Waals surface area contributed by atoms with Gasteiger partial charge in [-0.25, -0.2) is 4.79 Å². The molecule has 0 spiro atoms. The van der Waals surface area contributed by atoms with Crippen molar-refractivity contribution in [1.82, 2.24) is 4.90 Å². The molecular weight excluding hydrogens is 342 g/mol. The highest BCUT2D eigenvalue weighted by molar-refractivity contribution is 9.11. The molecule has 2 heterocycles. The van der Waals surface area contributed by atoms with Gasteiger partial charge in [-0.1, -0.05) is 13.3 Å². The van der Waals surface area contributed by atoms with Gasteiger partial charge in [0, 0.05) is 6.54 Å². The number of aliphatic carboxylic acids is 1. The number of thiophene rings is 1. The minimum atomic E-state index is -1.02. The van der Waals surface area contributed by atoms with E-state index in [-0.39, 0.29) is 5.91 Å². The summed E-state index contributed by atoms with van der Waals surface area (Å²) in [6, 6.07) is 1.83. The minimum Gasteiger partial charge on any atom is -0.479 e. The molecule has 20 heavy (non-hydrogen) atoms. The van der Waals surface area contributed by atoms with Crippen LogP contribution in [0.4, 0.5) is 0 Å². The second-order valence-electron chi connectivity index (χ2n) is 5.21. The molecule has 1 aromatic rings. The van der Waals surface area contributed by atoms with Crippen molar-refractivity contribution in [2.24, 2.45) is 0 Å². The van der Waals surface area contributed by atoms with E-state index in [4.69, 9.17) is 0 Å². The zero-order valence-corrected chi connectivity index (χ0v) is 14.0. The first-order valence-corrected chi connectivity index (χ1v) is 8.34. The quantitative estimate of drug-likeness (QED) is 0.891. The molecule has 0 radical (unpaired) electrons. The molecule has 0 aliphatic carbocycles. The summed E-state index contributed by atoms with van der Waals surface area (Å²) in [6.45, 7) is 4.41. The Kier molecular flexibility index (Phi) is 4.54. The fourth-order valence-electron chi connectivity index (χ4n) is 2.88. The van der Waals surface area contributed by atoms with Crippen LogP contribution in [-0.4, -0.2) is 34.0 Å². The molecule has 1 fully saturated rings. The lowest BCUT2D eigenvalue weighted by Crippen LogP contribution is -2.52. The van der Waals surface area contributed by atoms with Gasteiger partial charge in [-0.2, -0.15) is 0 Å². The number of hydrogen-bond donors (Lipinski definition) is 1. The van der Waals surface area contributed by atoms with Crippen LogP contribution in [0.2, 0.25) is 0 Å². The maximum atomic E-state index is 12.7. The Bertz CT molecular complexity index is 523. The van der Waals surface area contributed by atoms with Crippen LogP contribution in [0.25, 0.3) is 0 Å². The summed E-state index contributed by atoms with van der Waals surface area (Å²) in [5.74, 6) is -1.03. The number of nitrogens with zero attached hydrogens (tertiary/aromatic N) is 1. The first-order valence-electron chi connectivity index (χ1n) is 6.73. The average molecular weight is 360 g/mol. The Morgan fingerprint density at radius 1 is 1.55 bits per heavy atom. The number of carbonyl (C=O) groups is 2. The molecular formula is C14H18BrNO3S. The van der Waals surface area contributed by atoms with Crippen LogP contribution in [0.15, 0.2) is 9.85 Å². The third kappa shape index (κ3) is 2.51. The van der Waals surface area contributed by atoms with E-state index < -0.39 is 11.5 Å². The van der Waals surface area contributed by atoms with Gasteiger partial charge in [-0.05, 0) is 53.7 Å². The van der Waals surface area contributed by atoms with Crippen LogP contribution in [0, 0.1) is 6.92 Å². The lowest BCUT2D eigenvalue weighted by molar-refractivity contribution is -0.148. The predicted molar refractivity (Wildman–Crippen MR) is 82.3 cm³/mol. The number of aryl methyl sites for hydroxylation is 1. The number of halogens is 1. The fraction of sp³-hybridized carbons (Fsp3) is 0.571. The highest BCUT2D eigenvalue weighted by atomic mass is 79.9. The maximum Gasteiger partial charge on any atom is 0.329 e. The van der Waals surface area contributed by atoms with Gasteiger partial charge in [0.15, 0.2) is 0 Å². The van der Waals surface area contributed by atoms with E-state index in [1.807, 2.05) is 19.9 Å². The second-order valence-corrected chi connectivity index (χ2v) is 7.58. The maximum absolute atomic E-state index is 12.7. The monoisotopic (exact) mass is 359 g/mol. The molecule has 1 atom stereocenters. The summed E-state index contributed by atoms with van der Waals surface area (Å²) in [5.41, 5.74) is -0.00935. The molecule has 1 aliphatic heterocycles. The smallest absolute Gasteiger partial charge is 0.329 e. The van der Waals surface area contributed by atoms with Gasteiger partial charge in [0.25, 0.3) is 5.91 Å². The number of carboxylic acid groups (broad SMARTS) is 1. The number of rotatable bonds is 4. The number of carboxylic acids is 1. The minimum absolute atomic E-state index is 0.155. The molecule has 1 unspecified atom stereocenters. The van der Waals surface area contributed by atoms with Crippen LogP contribution in [0.3, 0.4) is 0 Å². The zero-order chi connectivity index (χ0) is 14.9. The van der Waals surface area contributed by atoms with Gasteiger partial charge in [0.2, 0.25) is 0 Å². The van der Waals surface area contributed by atoms with Gasteiger partial charge in [-0.3, -0.25) is 4.79 Å². The van der Waals surface area contributed by atoms with E-state index in [9.17, 15) is 14.7 Å². The van der Waals surface area contributed by atoms with Gasteiger partial charge >= 0.3 is 5.97 Å². The Balaban J connectivity index is 2.34. The summed E-state index contributed by atoms with van der Waals surface area (Å²) in [4.78, 5) is 26.6. The number of amides is 1. The van der Waals surface area contributed by atoms with Gasteiger partial charge < -0.3 is 10.0 Å². The van der Waals surface area contributed by atoms with Crippen LogP contribution in [-0.2, 0) is 4.79 Å². The van der Waals surface area contributed by atoms with E-state index in [0.29, 0.717) is 24.3 Å². The molecule has 110 valence electrons. The van der Waals surface area contributed by atoms with E-state index in [0.717, 1.165) is 22.2 Å². The molecule has 1 aromatic heterocycles. The molecule has 1 N–H and O–H groups in total. The summed E-state index contributed by atoms with van der Waals surface area (Å²) >= 11 is 4.78. The highest BCUT2D eigenvalue weighted by Crippen LogP contribution is 2.37. The van der Waals surface area contributed by atoms with Crippen LogP contribution in [0.1, 0.15) is 47.8 Å². The van der Waals surface area contributed by atoms with E-state index in [2.05, 4.69) is 15.9 Å². The van der Waals surface area contributed by atoms with Crippen LogP contribution >= 0.6 is 27.3 Å². The van der Waals surface area contributed by atoms with Crippen molar-refractivity contribution < 1.29 is 14.7 Å². The second kappa shape index (κ2) is 5.85. The summed E-state index contributed by atoms with van der Waals surface area (Å²) in [5, 5.41) is 9.62. The van der Waals surface area contributed by atoms with Crippen molar-refractivity contribution in [2.45, 2.75) is 45.1 Å². The summed E-state index contributed by atoms with van der Waals surface area (Å²) in [7, 11) is 0. The van der Waals surface area contributed by atoms with Crippen molar-refractivity contribution in [3.05, 3.63) is 20.3 Å². The molecule has 1 amide bonds. The van der Waals surface area contributed by atoms with Crippen LogP contribution < -0.4 is 0 Å². The predicted octanol–water partition coefficient (Wildman–Crippen LogP) is 3.68. The summed E-state index contributed by atoms with van der Waals surface area (Å²) in [6.07, 6.45) is 2.57. The first-order chi connectivity index (χ1) is 9.42. The molecule has 0 bridgehead atoms. The molecule has 1 saturated heterocycles. The highest BCUT2D eigenvalue weighted by Gasteiger charge is 2.49. The first kappa shape index (κ1) is 15.5. The molecule has 4 nitrogen and oxygen atoms in total. The van der Waals surface area contributed by atoms with Crippen molar-refractivity contribution in [3.63, 3.8) is 0 Å². The third-order valence-electron chi connectivity index (χ3n) is 3.86. The van der Waals surface area contributed by atoms with Gasteiger partial charge in [0.1, 0.15) is 5.54 Å². The number of hydrogen-bond acceptors (Lipinski definition) is 3. The Labute approximate surface area is 130 Å².